The van der Waals surface area contributed by atoms with Crippen LogP contribution in [0.15, 0.2) is 18.2 Å². The van der Waals surface area contributed by atoms with Gasteiger partial charge in [0.1, 0.15) is 5.82 Å². The Kier molecular flexibility index (Phi) is 4.40. The molecule has 4 heteroatoms. The summed E-state index contributed by atoms with van der Waals surface area (Å²) in [6.45, 7) is 2.25. The molecule has 1 aliphatic carbocycles. The van der Waals surface area contributed by atoms with Gasteiger partial charge in [-0.1, -0.05) is 19.8 Å². The fraction of sp³-hybridized carbons (Fsp3) is 0.533. The lowest BCUT2D eigenvalue weighted by Crippen LogP contribution is -2.34. The van der Waals surface area contributed by atoms with Gasteiger partial charge in [0.25, 0.3) is 5.91 Å². The number of rotatable bonds is 2. The first-order valence-corrected chi connectivity index (χ1v) is 6.92. The molecule has 1 aromatic rings. The second-order valence-corrected chi connectivity index (χ2v) is 5.52. The number of carbonyl (C=O) groups excluding carboxylic acids is 1. The molecule has 0 bridgehead atoms. The smallest absolute Gasteiger partial charge is 0.251 e. The number of anilines is 1. The molecule has 1 aromatic carbocycles. The number of carbonyl (C=O) groups is 1. The third-order valence-electron chi connectivity index (χ3n) is 3.85. The maximum atomic E-state index is 13.1. The molecule has 0 spiro atoms. The third-order valence-corrected chi connectivity index (χ3v) is 3.85. The fourth-order valence-electron chi connectivity index (χ4n) is 2.59. The van der Waals surface area contributed by atoms with Crippen molar-refractivity contribution >= 4 is 11.6 Å². The summed E-state index contributed by atoms with van der Waals surface area (Å²) in [6.07, 6.45) is 5.57. The van der Waals surface area contributed by atoms with Gasteiger partial charge in [-0.15, -0.1) is 0 Å². The third kappa shape index (κ3) is 3.69. The van der Waals surface area contributed by atoms with Crippen molar-refractivity contribution in [3.8, 4) is 0 Å². The predicted octanol–water partition coefficient (Wildman–Crippen LogP) is 3.11. The number of nitrogens with two attached hydrogens (primary N) is 1. The van der Waals surface area contributed by atoms with E-state index < -0.39 is 5.82 Å². The zero-order chi connectivity index (χ0) is 13.8. The highest BCUT2D eigenvalue weighted by Crippen LogP contribution is 2.23. The number of hydrogen-bond acceptors (Lipinski definition) is 2. The van der Waals surface area contributed by atoms with E-state index in [1.165, 1.54) is 24.6 Å². The minimum Gasteiger partial charge on any atom is -0.396 e. The molecular formula is C15H21FN2O. The van der Waals surface area contributed by atoms with E-state index in [4.69, 9.17) is 5.73 Å². The van der Waals surface area contributed by atoms with Crippen LogP contribution in [0.2, 0.25) is 0 Å². The van der Waals surface area contributed by atoms with Crippen molar-refractivity contribution in [2.24, 2.45) is 5.92 Å². The van der Waals surface area contributed by atoms with Crippen LogP contribution in [-0.4, -0.2) is 11.9 Å². The van der Waals surface area contributed by atoms with Crippen molar-refractivity contribution in [1.82, 2.24) is 5.32 Å². The molecule has 1 aliphatic rings. The molecule has 0 aliphatic heterocycles. The van der Waals surface area contributed by atoms with Crippen molar-refractivity contribution < 1.29 is 9.18 Å². The lowest BCUT2D eigenvalue weighted by Gasteiger charge is -2.16. The zero-order valence-electron chi connectivity index (χ0n) is 11.3. The SMILES string of the molecule is CC1CCCC(NC(=O)c2ccc(F)c(N)c2)CC1. The Morgan fingerprint density at radius 1 is 1.32 bits per heavy atom. The number of nitrogen functional groups attached to an aromatic ring is 1. The molecule has 3 nitrogen and oxygen atoms in total. The summed E-state index contributed by atoms with van der Waals surface area (Å²) < 4.78 is 13.1. The number of halogens is 1. The van der Waals surface area contributed by atoms with E-state index in [2.05, 4.69) is 12.2 Å². The molecule has 2 atom stereocenters. The molecule has 0 radical (unpaired) electrons. The number of benzene rings is 1. The average molecular weight is 264 g/mol. The van der Waals surface area contributed by atoms with Crippen molar-refractivity contribution in [3.63, 3.8) is 0 Å². The molecule has 2 rings (SSSR count). The van der Waals surface area contributed by atoms with Crippen LogP contribution in [0, 0.1) is 11.7 Å². The Bertz CT molecular complexity index is 461. The molecule has 1 fully saturated rings. The predicted molar refractivity (Wildman–Crippen MR) is 74.3 cm³/mol. The van der Waals surface area contributed by atoms with Crippen LogP contribution in [0.1, 0.15) is 49.4 Å². The van der Waals surface area contributed by atoms with Gasteiger partial charge in [0, 0.05) is 11.6 Å². The van der Waals surface area contributed by atoms with Crippen molar-refractivity contribution in [3.05, 3.63) is 29.6 Å². The van der Waals surface area contributed by atoms with Crippen molar-refractivity contribution in [1.29, 1.82) is 0 Å². The first-order chi connectivity index (χ1) is 9.06. The van der Waals surface area contributed by atoms with Crippen LogP contribution in [0.4, 0.5) is 10.1 Å². The van der Waals surface area contributed by atoms with E-state index in [1.54, 1.807) is 0 Å². The molecular weight excluding hydrogens is 243 g/mol. The second kappa shape index (κ2) is 6.04. The molecule has 104 valence electrons. The molecule has 1 amide bonds. The van der Waals surface area contributed by atoms with E-state index in [1.807, 2.05) is 0 Å². The first-order valence-electron chi connectivity index (χ1n) is 6.92. The number of hydrogen-bond donors (Lipinski definition) is 2. The van der Waals surface area contributed by atoms with Crippen molar-refractivity contribution in [2.45, 2.75) is 45.1 Å². The summed E-state index contributed by atoms with van der Waals surface area (Å²) in [5, 5.41) is 3.03. The van der Waals surface area contributed by atoms with E-state index in [-0.39, 0.29) is 17.6 Å². The molecule has 0 aromatic heterocycles. The Morgan fingerprint density at radius 3 is 2.84 bits per heavy atom. The summed E-state index contributed by atoms with van der Waals surface area (Å²) in [6, 6.07) is 4.33. The highest BCUT2D eigenvalue weighted by molar-refractivity contribution is 5.95. The number of amides is 1. The minimum absolute atomic E-state index is 0.0159. The topological polar surface area (TPSA) is 55.1 Å². The van der Waals surface area contributed by atoms with E-state index in [0.29, 0.717) is 5.56 Å². The maximum absolute atomic E-state index is 13.1. The van der Waals surface area contributed by atoms with E-state index in [0.717, 1.165) is 31.6 Å². The normalized spacial score (nSPS) is 23.7. The molecule has 0 saturated heterocycles. The summed E-state index contributed by atoms with van der Waals surface area (Å²) in [4.78, 5) is 12.1. The monoisotopic (exact) mass is 264 g/mol. The van der Waals surface area contributed by atoms with Gasteiger partial charge in [0.2, 0.25) is 0 Å². The van der Waals surface area contributed by atoms with E-state index in [9.17, 15) is 9.18 Å². The van der Waals surface area contributed by atoms with Gasteiger partial charge in [-0.2, -0.15) is 0 Å². The van der Waals surface area contributed by atoms with Crippen LogP contribution in [0.5, 0.6) is 0 Å². The molecule has 3 N–H and O–H groups in total. The highest BCUT2D eigenvalue weighted by Gasteiger charge is 2.18. The summed E-state index contributed by atoms with van der Waals surface area (Å²) in [5.41, 5.74) is 5.92. The molecule has 1 saturated carbocycles. The van der Waals surface area contributed by atoms with Gasteiger partial charge in [-0.3, -0.25) is 4.79 Å². The summed E-state index contributed by atoms with van der Waals surface area (Å²) >= 11 is 0. The fourth-order valence-corrected chi connectivity index (χ4v) is 2.59. The average Bonchev–Trinajstić information content (AvgIpc) is 2.58. The molecule has 19 heavy (non-hydrogen) atoms. The van der Waals surface area contributed by atoms with Gasteiger partial charge < -0.3 is 11.1 Å². The van der Waals surface area contributed by atoms with Crippen LogP contribution in [-0.2, 0) is 0 Å². The minimum atomic E-state index is -0.486. The van der Waals surface area contributed by atoms with Crippen LogP contribution in [0.25, 0.3) is 0 Å². The summed E-state index contributed by atoms with van der Waals surface area (Å²) in [5.74, 6) is 0.0921. The summed E-state index contributed by atoms with van der Waals surface area (Å²) in [7, 11) is 0. The van der Waals surface area contributed by atoms with Gasteiger partial charge in [-0.25, -0.2) is 4.39 Å². The lowest BCUT2D eigenvalue weighted by molar-refractivity contribution is 0.0933. The van der Waals surface area contributed by atoms with Gasteiger partial charge in [0.15, 0.2) is 0 Å². The standard InChI is InChI=1S/C15H21FN2O/c1-10-3-2-4-12(7-5-10)18-15(19)11-6-8-13(16)14(17)9-11/h6,8-10,12H,2-5,7,17H2,1H3,(H,18,19). The van der Waals surface area contributed by atoms with Crippen LogP contribution in [0.3, 0.4) is 0 Å². The van der Waals surface area contributed by atoms with Crippen LogP contribution >= 0.6 is 0 Å². The Hall–Kier alpha value is -1.58. The van der Waals surface area contributed by atoms with Gasteiger partial charge in [-0.05, 0) is 43.4 Å². The van der Waals surface area contributed by atoms with Crippen LogP contribution < -0.4 is 11.1 Å². The quantitative estimate of drug-likeness (QED) is 0.637. The van der Waals surface area contributed by atoms with Gasteiger partial charge in [0.05, 0.1) is 5.69 Å². The van der Waals surface area contributed by atoms with Gasteiger partial charge >= 0.3 is 0 Å². The Balaban J connectivity index is 1.98. The largest absolute Gasteiger partial charge is 0.396 e. The highest BCUT2D eigenvalue weighted by atomic mass is 19.1. The van der Waals surface area contributed by atoms with Crippen molar-refractivity contribution in [2.75, 3.05) is 5.73 Å². The Labute approximate surface area is 113 Å². The first kappa shape index (κ1) is 13.8. The maximum Gasteiger partial charge on any atom is 0.251 e. The number of nitrogens with one attached hydrogen (secondary N) is 1. The second-order valence-electron chi connectivity index (χ2n) is 5.52. The zero-order valence-corrected chi connectivity index (χ0v) is 11.3. The Morgan fingerprint density at radius 2 is 2.11 bits per heavy atom. The molecule has 0 heterocycles. The van der Waals surface area contributed by atoms with E-state index >= 15 is 0 Å². The molecule has 2 unspecified atom stereocenters. The lowest BCUT2D eigenvalue weighted by atomic mass is 10.0.